The van der Waals surface area contributed by atoms with Gasteiger partial charge in [0.25, 0.3) is 5.91 Å². The van der Waals surface area contributed by atoms with E-state index in [1.54, 1.807) is 19.2 Å². The largest absolute Gasteiger partial charge is 0.358 e. The first-order valence-electron chi connectivity index (χ1n) is 5.77. The summed E-state index contributed by atoms with van der Waals surface area (Å²) < 4.78 is 0. The number of likely N-dealkylation sites (N-methyl/N-ethyl adjacent to an activating group) is 2. The molecule has 5 heteroatoms. The van der Waals surface area contributed by atoms with Gasteiger partial charge in [-0.1, -0.05) is 28.1 Å². The summed E-state index contributed by atoms with van der Waals surface area (Å²) in [6.45, 7) is 2.45. The van der Waals surface area contributed by atoms with Gasteiger partial charge < -0.3 is 10.2 Å². The third-order valence-corrected chi connectivity index (χ3v) is 3.28. The van der Waals surface area contributed by atoms with Crippen molar-refractivity contribution in [1.29, 1.82) is 0 Å². The Balaban J connectivity index is 2.79. The summed E-state index contributed by atoms with van der Waals surface area (Å²) in [5, 5.41) is 3.28. The lowest BCUT2D eigenvalue weighted by atomic mass is 10.1. The molecule has 0 aromatic heterocycles. The fourth-order valence-electron chi connectivity index (χ4n) is 1.50. The third-order valence-electron chi connectivity index (χ3n) is 2.64. The van der Waals surface area contributed by atoms with Crippen LogP contribution in [-0.2, 0) is 10.1 Å². The van der Waals surface area contributed by atoms with Crippen molar-refractivity contribution in [2.45, 2.75) is 12.3 Å². The predicted molar refractivity (Wildman–Crippen MR) is 74.7 cm³/mol. The molecule has 0 atom stereocenters. The van der Waals surface area contributed by atoms with Crippen LogP contribution in [0.4, 0.5) is 0 Å². The summed E-state index contributed by atoms with van der Waals surface area (Å²) in [7, 11) is 1.56. The number of benzene rings is 1. The SMILES string of the molecule is CCN(CC(=O)NC)C(=O)c1ccc(CBr)cc1. The van der Waals surface area contributed by atoms with Crippen LogP contribution in [0.15, 0.2) is 24.3 Å². The van der Waals surface area contributed by atoms with Gasteiger partial charge in [-0.2, -0.15) is 0 Å². The molecule has 2 amide bonds. The maximum absolute atomic E-state index is 12.2. The molecule has 1 rings (SSSR count). The smallest absolute Gasteiger partial charge is 0.254 e. The first kappa shape index (κ1) is 14.7. The number of carbonyl (C=O) groups is 2. The van der Waals surface area contributed by atoms with Gasteiger partial charge in [0.1, 0.15) is 0 Å². The minimum atomic E-state index is -0.165. The van der Waals surface area contributed by atoms with E-state index in [4.69, 9.17) is 0 Å². The zero-order chi connectivity index (χ0) is 13.5. The Kier molecular flexibility index (Phi) is 5.85. The molecule has 0 spiro atoms. The number of rotatable bonds is 5. The highest BCUT2D eigenvalue weighted by molar-refractivity contribution is 9.08. The Morgan fingerprint density at radius 2 is 1.89 bits per heavy atom. The van der Waals surface area contributed by atoms with Gasteiger partial charge in [0.05, 0.1) is 6.54 Å². The molecule has 0 aliphatic carbocycles. The Hall–Kier alpha value is -1.36. The number of amides is 2. The van der Waals surface area contributed by atoms with Crippen LogP contribution in [0.1, 0.15) is 22.8 Å². The maximum atomic E-state index is 12.2. The van der Waals surface area contributed by atoms with Gasteiger partial charge >= 0.3 is 0 Å². The molecule has 0 heterocycles. The zero-order valence-electron chi connectivity index (χ0n) is 10.6. The van der Waals surface area contributed by atoms with Crippen LogP contribution in [0.5, 0.6) is 0 Å². The normalized spacial score (nSPS) is 9.94. The number of halogens is 1. The molecule has 1 aromatic rings. The van der Waals surface area contributed by atoms with Crippen molar-refractivity contribution in [1.82, 2.24) is 10.2 Å². The minimum Gasteiger partial charge on any atom is -0.358 e. The van der Waals surface area contributed by atoms with Crippen molar-refractivity contribution < 1.29 is 9.59 Å². The lowest BCUT2D eigenvalue weighted by molar-refractivity contribution is -0.121. The van der Waals surface area contributed by atoms with Crippen molar-refractivity contribution >= 4 is 27.7 Å². The van der Waals surface area contributed by atoms with Crippen molar-refractivity contribution in [2.75, 3.05) is 20.1 Å². The van der Waals surface area contributed by atoms with Crippen molar-refractivity contribution in [3.8, 4) is 0 Å². The molecule has 0 saturated carbocycles. The van der Waals surface area contributed by atoms with Crippen molar-refractivity contribution in [3.63, 3.8) is 0 Å². The summed E-state index contributed by atoms with van der Waals surface area (Å²) in [5.41, 5.74) is 1.71. The summed E-state index contributed by atoms with van der Waals surface area (Å²) in [6.07, 6.45) is 0. The van der Waals surface area contributed by atoms with E-state index >= 15 is 0 Å². The molecule has 0 bridgehead atoms. The van der Waals surface area contributed by atoms with E-state index in [2.05, 4.69) is 21.2 Å². The highest BCUT2D eigenvalue weighted by atomic mass is 79.9. The van der Waals surface area contributed by atoms with Gasteiger partial charge in [0.15, 0.2) is 0 Å². The first-order valence-corrected chi connectivity index (χ1v) is 6.89. The van der Waals surface area contributed by atoms with E-state index < -0.39 is 0 Å². The van der Waals surface area contributed by atoms with E-state index in [1.807, 2.05) is 19.1 Å². The number of carbonyl (C=O) groups excluding carboxylic acids is 2. The van der Waals surface area contributed by atoms with Crippen molar-refractivity contribution in [2.24, 2.45) is 0 Å². The number of hydrogen-bond acceptors (Lipinski definition) is 2. The highest BCUT2D eigenvalue weighted by Gasteiger charge is 2.16. The molecule has 0 radical (unpaired) electrons. The van der Waals surface area contributed by atoms with Gasteiger partial charge in [-0.05, 0) is 24.6 Å². The Morgan fingerprint density at radius 1 is 1.28 bits per heavy atom. The molecule has 0 saturated heterocycles. The minimum absolute atomic E-state index is 0.0893. The van der Waals surface area contributed by atoms with Gasteiger partial charge in [-0.25, -0.2) is 0 Å². The second-order valence-electron chi connectivity index (χ2n) is 3.82. The number of nitrogens with zero attached hydrogens (tertiary/aromatic N) is 1. The molecule has 1 aromatic carbocycles. The molecular weight excluding hydrogens is 296 g/mol. The van der Waals surface area contributed by atoms with E-state index in [0.29, 0.717) is 12.1 Å². The molecule has 0 aliphatic heterocycles. The van der Waals surface area contributed by atoms with Gasteiger partial charge in [0.2, 0.25) is 5.91 Å². The fourth-order valence-corrected chi connectivity index (χ4v) is 1.87. The van der Waals surface area contributed by atoms with E-state index in [1.165, 1.54) is 4.90 Å². The van der Waals surface area contributed by atoms with Crippen LogP contribution in [0.2, 0.25) is 0 Å². The zero-order valence-corrected chi connectivity index (χ0v) is 12.2. The molecule has 4 nitrogen and oxygen atoms in total. The molecule has 0 unspecified atom stereocenters. The summed E-state index contributed by atoms with van der Waals surface area (Å²) in [4.78, 5) is 25.0. The summed E-state index contributed by atoms with van der Waals surface area (Å²) in [5.74, 6) is -0.287. The molecule has 18 heavy (non-hydrogen) atoms. The quantitative estimate of drug-likeness (QED) is 0.843. The lowest BCUT2D eigenvalue weighted by Gasteiger charge is -2.19. The van der Waals surface area contributed by atoms with Crippen LogP contribution in [0.3, 0.4) is 0 Å². The van der Waals surface area contributed by atoms with Gasteiger partial charge in [0, 0.05) is 24.5 Å². The van der Waals surface area contributed by atoms with Crippen molar-refractivity contribution in [3.05, 3.63) is 35.4 Å². The number of alkyl halides is 1. The topological polar surface area (TPSA) is 49.4 Å². The molecule has 0 aliphatic rings. The Morgan fingerprint density at radius 3 is 2.33 bits per heavy atom. The summed E-state index contributed by atoms with van der Waals surface area (Å²) >= 11 is 3.36. The predicted octanol–water partition coefficient (Wildman–Crippen LogP) is 1.79. The monoisotopic (exact) mass is 312 g/mol. The third kappa shape index (κ3) is 3.84. The van der Waals surface area contributed by atoms with Crippen LogP contribution in [-0.4, -0.2) is 36.9 Å². The molecule has 98 valence electrons. The van der Waals surface area contributed by atoms with Crippen LogP contribution >= 0.6 is 15.9 Å². The van der Waals surface area contributed by atoms with Crippen LogP contribution < -0.4 is 5.32 Å². The Labute approximate surface area is 115 Å². The number of hydrogen-bond donors (Lipinski definition) is 1. The second kappa shape index (κ2) is 7.16. The first-order chi connectivity index (χ1) is 8.62. The van der Waals surface area contributed by atoms with Gasteiger partial charge in [-0.15, -0.1) is 0 Å². The lowest BCUT2D eigenvalue weighted by Crippen LogP contribution is -2.39. The van der Waals surface area contributed by atoms with Gasteiger partial charge in [-0.3, -0.25) is 9.59 Å². The molecule has 1 N–H and O–H groups in total. The highest BCUT2D eigenvalue weighted by Crippen LogP contribution is 2.10. The molecular formula is C13H17BrN2O2. The molecule has 0 fully saturated rings. The second-order valence-corrected chi connectivity index (χ2v) is 4.38. The van der Waals surface area contributed by atoms with E-state index in [0.717, 1.165) is 10.9 Å². The van der Waals surface area contributed by atoms with Crippen LogP contribution in [0.25, 0.3) is 0 Å². The summed E-state index contributed by atoms with van der Waals surface area (Å²) in [6, 6.07) is 7.36. The Bertz CT molecular complexity index is 418. The average Bonchev–Trinajstić information content (AvgIpc) is 2.43. The maximum Gasteiger partial charge on any atom is 0.254 e. The van der Waals surface area contributed by atoms with Crippen LogP contribution in [0, 0.1) is 0 Å². The fraction of sp³-hybridized carbons (Fsp3) is 0.385. The van der Waals surface area contributed by atoms with E-state index in [9.17, 15) is 9.59 Å². The van der Waals surface area contributed by atoms with E-state index in [-0.39, 0.29) is 18.4 Å². The number of nitrogens with one attached hydrogen (secondary N) is 1. The average molecular weight is 313 g/mol. The standard InChI is InChI=1S/C13H17BrN2O2/c1-3-16(9-12(17)15-2)13(18)11-6-4-10(8-14)5-7-11/h4-7H,3,8-9H2,1-2H3,(H,15,17).